The van der Waals surface area contributed by atoms with E-state index in [9.17, 15) is 9.59 Å². The minimum Gasteiger partial charge on any atom is -0.396 e. The molecule has 0 bridgehead atoms. The lowest BCUT2D eigenvalue weighted by molar-refractivity contribution is -0.137. The maximum Gasteiger partial charge on any atom is 0.236 e. The zero-order chi connectivity index (χ0) is 18.2. The van der Waals surface area contributed by atoms with Crippen LogP contribution in [0, 0.1) is 18.8 Å². The molecule has 3 rings (SSSR count). The molecule has 2 amide bonds. The van der Waals surface area contributed by atoms with Crippen LogP contribution in [-0.4, -0.2) is 69.6 Å². The molecule has 2 aliphatic heterocycles. The van der Waals surface area contributed by atoms with Crippen LogP contribution in [0.4, 0.5) is 0 Å². The molecule has 0 aromatic carbocycles. The van der Waals surface area contributed by atoms with Crippen LogP contribution >= 0.6 is 0 Å². The minimum atomic E-state index is -0.519. The summed E-state index contributed by atoms with van der Waals surface area (Å²) < 4.78 is 5.50. The molecule has 25 heavy (non-hydrogen) atoms. The van der Waals surface area contributed by atoms with Crippen molar-refractivity contribution >= 4 is 11.8 Å². The highest BCUT2D eigenvalue weighted by Gasteiger charge is 2.56. The smallest absolute Gasteiger partial charge is 0.236 e. The van der Waals surface area contributed by atoms with Crippen molar-refractivity contribution < 1.29 is 19.2 Å². The van der Waals surface area contributed by atoms with Crippen molar-refractivity contribution in [3.8, 4) is 0 Å². The van der Waals surface area contributed by atoms with Crippen molar-refractivity contribution in [3.63, 3.8) is 0 Å². The van der Waals surface area contributed by atoms with Crippen LogP contribution in [0.15, 0.2) is 4.52 Å². The van der Waals surface area contributed by atoms with Gasteiger partial charge in [-0.3, -0.25) is 9.59 Å². The first-order valence-corrected chi connectivity index (χ1v) is 8.85. The molecule has 0 unspecified atom stereocenters. The van der Waals surface area contributed by atoms with E-state index in [0.717, 1.165) is 6.42 Å². The van der Waals surface area contributed by atoms with Gasteiger partial charge in [0.05, 0.1) is 12.0 Å². The third kappa shape index (κ3) is 3.15. The number of rotatable bonds is 4. The molecule has 8 heteroatoms. The van der Waals surface area contributed by atoms with Crippen LogP contribution in [0.5, 0.6) is 0 Å². The highest BCUT2D eigenvalue weighted by molar-refractivity contribution is 5.79. The van der Waals surface area contributed by atoms with E-state index in [4.69, 9.17) is 9.63 Å². The Hall–Kier alpha value is -1.96. The Morgan fingerprint density at radius 2 is 2.08 bits per heavy atom. The van der Waals surface area contributed by atoms with Gasteiger partial charge in [-0.15, -0.1) is 0 Å². The SMILES string of the molecule is Cc1noc([C@@]23CN(C(=O)CCO)C[C@@H]2CCN(C(=O)C(C)C)C3)n1. The number of nitrogens with zero attached hydrogens (tertiary/aromatic N) is 4. The van der Waals surface area contributed by atoms with E-state index in [1.54, 1.807) is 11.8 Å². The van der Waals surface area contributed by atoms with Crippen molar-refractivity contribution in [2.75, 3.05) is 32.8 Å². The molecule has 0 spiro atoms. The standard InChI is InChI=1S/C17H26N4O4/c1-11(2)15(24)20-6-4-13-8-21(14(23)5-7-22)10-17(13,9-20)16-18-12(3)19-25-16/h11,13,22H,4-10H2,1-3H3/t13-,17-/m0/s1. The molecule has 8 nitrogen and oxygen atoms in total. The van der Waals surface area contributed by atoms with Gasteiger partial charge in [-0.25, -0.2) is 0 Å². The van der Waals surface area contributed by atoms with Gasteiger partial charge in [0, 0.05) is 38.5 Å². The second-order valence-electron chi connectivity index (χ2n) is 7.45. The number of piperidine rings is 1. The summed E-state index contributed by atoms with van der Waals surface area (Å²) in [6, 6.07) is 0. The summed E-state index contributed by atoms with van der Waals surface area (Å²) in [6.45, 7) is 7.60. The van der Waals surface area contributed by atoms with Gasteiger partial charge in [-0.2, -0.15) is 4.98 Å². The highest BCUT2D eigenvalue weighted by atomic mass is 16.5. The van der Waals surface area contributed by atoms with Gasteiger partial charge in [0.25, 0.3) is 0 Å². The average Bonchev–Trinajstić information content (AvgIpc) is 3.18. The molecule has 1 aromatic heterocycles. The summed E-state index contributed by atoms with van der Waals surface area (Å²) in [5, 5.41) is 13.0. The molecular weight excluding hydrogens is 324 g/mol. The lowest BCUT2D eigenvalue weighted by Gasteiger charge is -2.42. The predicted molar refractivity (Wildman–Crippen MR) is 88.5 cm³/mol. The zero-order valence-corrected chi connectivity index (χ0v) is 15.1. The second kappa shape index (κ2) is 6.74. The molecule has 1 N–H and O–H groups in total. The Bertz CT molecular complexity index is 659. The molecule has 2 fully saturated rings. The van der Waals surface area contributed by atoms with Crippen LogP contribution in [0.25, 0.3) is 0 Å². The monoisotopic (exact) mass is 350 g/mol. The summed E-state index contributed by atoms with van der Waals surface area (Å²) in [5.41, 5.74) is -0.519. The predicted octanol–water partition coefficient (Wildman–Crippen LogP) is 0.345. The molecule has 2 aliphatic rings. The van der Waals surface area contributed by atoms with E-state index in [1.165, 1.54) is 0 Å². The number of aliphatic hydroxyl groups is 1. The fourth-order valence-corrected chi connectivity index (χ4v) is 4.06. The molecule has 2 saturated heterocycles. The van der Waals surface area contributed by atoms with Gasteiger partial charge in [-0.05, 0) is 19.3 Å². The van der Waals surface area contributed by atoms with Crippen LogP contribution < -0.4 is 0 Å². The van der Waals surface area contributed by atoms with Gasteiger partial charge in [0.2, 0.25) is 17.7 Å². The molecule has 1 aromatic rings. The Labute approximate surface area is 147 Å². The Morgan fingerprint density at radius 3 is 2.68 bits per heavy atom. The van der Waals surface area contributed by atoms with Gasteiger partial charge in [0.1, 0.15) is 0 Å². The van der Waals surface area contributed by atoms with Crippen molar-refractivity contribution in [2.24, 2.45) is 11.8 Å². The van der Waals surface area contributed by atoms with Gasteiger partial charge >= 0.3 is 0 Å². The van der Waals surface area contributed by atoms with Gasteiger partial charge in [0.15, 0.2) is 5.82 Å². The molecule has 2 atom stereocenters. The van der Waals surface area contributed by atoms with E-state index in [-0.39, 0.29) is 36.7 Å². The maximum absolute atomic E-state index is 12.5. The fraction of sp³-hybridized carbons (Fsp3) is 0.765. The number of aliphatic hydroxyl groups excluding tert-OH is 1. The molecule has 138 valence electrons. The normalized spacial score (nSPS) is 26.2. The number of carbonyl (C=O) groups excluding carboxylic acids is 2. The topological polar surface area (TPSA) is 99.8 Å². The van der Waals surface area contributed by atoms with E-state index < -0.39 is 5.41 Å². The number of amides is 2. The van der Waals surface area contributed by atoms with Crippen LogP contribution in [0.2, 0.25) is 0 Å². The lowest BCUT2D eigenvalue weighted by atomic mass is 9.73. The molecule has 0 saturated carbocycles. The van der Waals surface area contributed by atoms with Crippen molar-refractivity contribution in [3.05, 3.63) is 11.7 Å². The van der Waals surface area contributed by atoms with Crippen molar-refractivity contribution in [1.29, 1.82) is 0 Å². The second-order valence-corrected chi connectivity index (χ2v) is 7.45. The lowest BCUT2D eigenvalue weighted by Crippen LogP contribution is -2.54. The van der Waals surface area contributed by atoms with E-state index in [0.29, 0.717) is 37.9 Å². The number of aryl methyl sites for hydroxylation is 1. The van der Waals surface area contributed by atoms with Gasteiger partial charge in [-0.1, -0.05) is 19.0 Å². The number of hydrogen-bond donors (Lipinski definition) is 1. The summed E-state index contributed by atoms with van der Waals surface area (Å²) in [6.07, 6.45) is 0.906. The largest absolute Gasteiger partial charge is 0.396 e. The first-order chi connectivity index (χ1) is 11.9. The summed E-state index contributed by atoms with van der Waals surface area (Å²) in [5.74, 6) is 1.19. The number of aromatic nitrogens is 2. The number of fused-ring (bicyclic) bond motifs is 1. The van der Waals surface area contributed by atoms with Crippen LogP contribution in [0.3, 0.4) is 0 Å². The van der Waals surface area contributed by atoms with Crippen LogP contribution in [0.1, 0.15) is 38.4 Å². The summed E-state index contributed by atoms with van der Waals surface area (Å²) in [4.78, 5) is 32.9. The molecule has 0 radical (unpaired) electrons. The van der Waals surface area contributed by atoms with E-state index in [1.807, 2.05) is 18.7 Å². The zero-order valence-electron chi connectivity index (χ0n) is 15.1. The Balaban J connectivity index is 1.92. The summed E-state index contributed by atoms with van der Waals surface area (Å²) >= 11 is 0. The van der Waals surface area contributed by atoms with E-state index >= 15 is 0 Å². The molecule has 3 heterocycles. The number of likely N-dealkylation sites (tertiary alicyclic amines) is 2. The minimum absolute atomic E-state index is 0.0748. The molecular formula is C17H26N4O4. The third-order valence-electron chi connectivity index (χ3n) is 5.35. The molecule has 0 aliphatic carbocycles. The Morgan fingerprint density at radius 1 is 1.36 bits per heavy atom. The van der Waals surface area contributed by atoms with Gasteiger partial charge < -0.3 is 19.4 Å². The number of hydrogen-bond acceptors (Lipinski definition) is 6. The average molecular weight is 350 g/mol. The Kier molecular flexibility index (Phi) is 4.81. The first kappa shape index (κ1) is 17.8. The number of carbonyl (C=O) groups is 2. The quantitative estimate of drug-likeness (QED) is 0.841. The fourth-order valence-electron chi connectivity index (χ4n) is 4.06. The highest BCUT2D eigenvalue weighted by Crippen LogP contribution is 2.44. The van der Waals surface area contributed by atoms with Crippen molar-refractivity contribution in [1.82, 2.24) is 19.9 Å². The van der Waals surface area contributed by atoms with E-state index in [2.05, 4.69) is 10.1 Å². The summed E-state index contributed by atoms with van der Waals surface area (Å²) in [7, 11) is 0. The van der Waals surface area contributed by atoms with Crippen molar-refractivity contribution in [2.45, 2.75) is 39.0 Å². The third-order valence-corrected chi connectivity index (χ3v) is 5.35. The maximum atomic E-state index is 12.5. The van der Waals surface area contributed by atoms with Crippen LogP contribution in [-0.2, 0) is 15.0 Å². The first-order valence-electron chi connectivity index (χ1n) is 8.85.